The first kappa shape index (κ1) is 27.5. The number of aromatic hydroxyl groups is 1. The second-order valence-corrected chi connectivity index (χ2v) is 12.8. The minimum atomic E-state index is -0.886. The van der Waals surface area contributed by atoms with E-state index in [9.17, 15) is 9.50 Å². The van der Waals surface area contributed by atoms with Crippen LogP contribution in [0.4, 0.5) is 14.6 Å². The topological polar surface area (TPSA) is 86.6 Å². The first-order valence-corrected chi connectivity index (χ1v) is 15.5. The summed E-state index contributed by atoms with van der Waals surface area (Å²) in [6, 6.07) is 8.90. The molecule has 0 aliphatic carbocycles. The van der Waals surface area contributed by atoms with Crippen LogP contribution in [-0.4, -0.2) is 82.0 Å². The maximum absolute atomic E-state index is 16.8. The summed E-state index contributed by atoms with van der Waals surface area (Å²) in [7, 11) is 0. The molecule has 2 aromatic carbocycles. The first-order valence-electron chi connectivity index (χ1n) is 15.5. The Morgan fingerprint density at radius 2 is 2.09 bits per heavy atom. The predicted molar refractivity (Wildman–Crippen MR) is 165 cm³/mol. The fourth-order valence-corrected chi connectivity index (χ4v) is 8.10. The van der Waals surface area contributed by atoms with Crippen molar-refractivity contribution in [3.8, 4) is 35.4 Å². The normalized spacial score (nSPS) is 26.7. The number of aromatic nitrogens is 3. The number of ether oxygens (including phenoxy) is 1. The second-order valence-electron chi connectivity index (χ2n) is 12.8. The molecular formula is C34H34F2N6O2. The van der Waals surface area contributed by atoms with Crippen LogP contribution in [0.1, 0.15) is 37.7 Å². The number of hydrogen-bond donors (Lipinski definition) is 2. The zero-order chi connectivity index (χ0) is 30.0. The van der Waals surface area contributed by atoms with Crippen molar-refractivity contribution in [2.45, 2.75) is 49.9 Å². The van der Waals surface area contributed by atoms with Crippen LogP contribution in [0.25, 0.3) is 32.9 Å². The number of nitrogens with zero attached hydrogens (tertiary/aromatic N) is 5. The van der Waals surface area contributed by atoms with Gasteiger partial charge in [0.1, 0.15) is 35.6 Å². The van der Waals surface area contributed by atoms with Gasteiger partial charge in [-0.25, -0.2) is 8.78 Å². The Labute approximate surface area is 254 Å². The van der Waals surface area contributed by atoms with E-state index >= 15 is 4.39 Å². The number of benzene rings is 2. The smallest absolute Gasteiger partial charge is 0.319 e. The number of rotatable bonds is 5. The van der Waals surface area contributed by atoms with Crippen LogP contribution >= 0.6 is 0 Å². The minimum Gasteiger partial charge on any atom is -0.508 e. The first-order chi connectivity index (χ1) is 21.4. The lowest BCUT2D eigenvalue weighted by Crippen LogP contribution is -2.43. The summed E-state index contributed by atoms with van der Waals surface area (Å²) in [5.41, 5.74) is 0.681. The summed E-state index contributed by atoms with van der Waals surface area (Å²) in [5.74, 6) is 3.07. The average Bonchev–Trinajstić information content (AvgIpc) is 3.71. The summed E-state index contributed by atoms with van der Waals surface area (Å²) in [6.45, 7) is 4.02. The van der Waals surface area contributed by atoms with Gasteiger partial charge in [-0.05, 0) is 68.3 Å². The van der Waals surface area contributed by atoms with E-state index in [4.69, 9.17) is 16.1 Å². The fraction of sp³-hybridized carbons (Fsp3) is 0.441. The Morgan fingerprint density at radius 3 is 2.95 bits per heavy atom. The van der Waals surface area contributed by atoms with Crippen molar-refractivity contribution in [2.75, 3.05) is 44.2 Å². The highest BCUT2D eigenvalue weighted by atomic mass is 19.1. The standard InChI is InChI=1S/C34H34F2N6O2/c1-2-20-6-3-7-21-12-24(43)13-25(28(20)21)30-29(36)31-26(15-38-30)32(41-16-22-8-4-10-37-27(22)18-41)40-33(39-31)44-19-34-9-5-11-42(34)17-23(35)14-34/h1,3,6-7,12-13,15,22-23,27,37,43H,4-5,8-11,14,16-19H2/t22?,23-,27?,34+/m1/s1. The van der Waals surface area contributed by atoms with Gasteiger partial charge in [0.2, 0.25) is 0 Å². The van der Waals surface area contributed by atoms with Crippen molar-refractivity contribution >= 4 is 27.5 Å². The molecule has 4 atom stereocenters. The van der Waals surface area contributed by atoms with Gasteiger partial charge in [-0.1, -0.05) is 18.1 Å². The van der Waals surface area contributed by atoms with Gasteiger partial charge in [-0.15, -0.1) is 6.42 Å². The quantitative estimate of drug-likeness (QED) is 0.318. The molecule has 226 valence electrons. The van der Waals surface area contributed by atoms with Crippen LogP contribution in [0.5, 0.6) is 11.8 Å². The zero-order valence-corrected chi connectivity index (χ0v) is 24.4. The molecule has 4 fully saturated rings. The van der Waals surface area contributed by atoms with E-state index < -0.39 is 17.5 Å². The maximum atomic E-state index is 16.8. The summed E-state index contributed by atoms with van der Waals surface area (Å²) in [4.78, 5) is 18.4. The van der Waals surface area contributed by atoms with Crippen molar-refractivity contribution in [1.82, 2.24) is 25.2 Å². The van der Waals surface area contributed by atoms with Gasteiger partial charge in [0, 0.05) is 54.8 Å². The van der Waals surface area contributed by atoms with Crippen molar-refractivity contribution in [3.05, 3.63) is 47.9 Å². The van der Waals surface area contributed by atoms with Gasteiger partial charge in [-0.2, -0.15) is 9.97 Å². The highest BCUT2D eigenvalue weighted by Gasteiger charge is 2.49. The molecule has 2 unspecified atom stereocenters. The number of phenols is 1. The zero-order valence-electron chi connectivity index (χ0n) is 24.4. The molecule has 4 aliphatic rings. The Morgan fingerprint density at radius 1 is 1.18 bits per heavy atom. The minimum absolute atomic E-state index is 0.0226. The fourth-order valence-electron chi connectivity index (χ4n) is 8.10. The monoisotopic (exact) mass is 596 g/mol. The average molecular weight is 597 g/mol. The molecule has 0 amide bonds. The summed E-state index contributed by atoms with van der Waals surface area (Å²) >= 11 is 0. The lowest BCUT2D eigenvalue weighted by Gasteiger charge is -2.31. The van der Waals surface area contributed by atoms with Crippen LogP contribution in [-0.2, 0) is 0 Å². The molecule has 4 aromatic rings. The molecular weight excluding hydrogens is 562 g/mol. The lowest BCUT2D eigenvalue weighted by molar-refractivity contribution is 0.107. The molecule has 4 aliphatic heterocycles. The molecule has 6 heterocycles. The largest absolute Gasteiger partial charge is 0.508 e. The third-order valence-corrected chi connectivity index (χ3v) is 10.1. The number of anilines is 1. The van der Waals surface area contributed by atoms with Crippen LogP contribution in [0, 0.1) is 24.1 Å². The number of phenolic OH excluding ortho intramolecular Hbond substituents is 1. The number of nitrogens with one attached hydrogen (secondary N) is 1. The van der Waals surface area contributed by atoms with E-state index in [1.807, 2.05) is 6.07 Å². The Bertz CT molecular complexity index is 1810. The van der Waals surface area contributed by atoms with Gasteiger partial charge in [0.25, 0.3) is 0 Å². The number of pyridine rings is 1. The summed E-state index contributed by atoms with van der Waals surface area (Å²) < 4.78 is 37.5. The Kier molecular flexibility index (Phi) is 6.58. The molecule has 8 rings (SSSR count). The van der Waals surface area contributed by atoms with Gasteiger partial charge in [0.15, 0.2) is 5.82 Å². The van der Waals surface area contributed by atoms with Crippen molar-refractivity contribution in [2.24, 2.45) is 5.92 Å². The second kappa shape index (κ2) is 10.5. The summed E-state index contributed by atoms with van der Waals surface area (Å²) in [6.07, 6.45) is 11.0. The molecule has 8 nitrogen and oxygen atoms in total. The molecule has 0 spiro atoms. The lowest BCUT2D eigenvalue weighted by atomic mass is 9.94. The highest BCUT2D eigenvalue weighted by Crippen LogP contribution is 2.42. The molecule has 2 aromatic heterocycles. The van der Waals surface area contributed by atoms with E-state index in [0.29, 0.717) is 58.0 Å². The van der Waals surface area contributed by atoms with E-state index in [-0.39, 0.29) is 29.6 Å². The number of piperidine rings is 1. The van der Waals surface area contributed by atoms with Crippen molar-refractivity contribution < 1.29 is 18.6 Å². The molecule has 0 bridgehead atoms. The van der Waals surface area contributed by atoms with E-state index in [1.165, 1.54) is 6.07 Å². The van der Waals surface area contributed by atoms with Gasteiger partial charge < -0.3 is 20.1 Å². The van der Waals surface area contributed by atoms with E-state index in [2.05, 4.69) is 31.0 Å². The number of halogens is 2. The number of hydrogen-bond acceptors (Lipinski definition) is 8. The molecule has 2 N–H and O–H groups in total. The van der Waals surface area contributed by atoms with Gasteiger partial charge >= 0.3 is 6.01 Å². The molecule has 0 radical (unpaired) electrons. The number of alkyl halides is 1. The maximum Gasteiger partial charge on any atom is 0.319 e. The van der Waals surface area contributed by atoms with Crippen LogP contribution in [0.2, 0.25) is 0 Å². The van der Waals surface area contributed by atoms with E-state index in [1.54, 1.807) is 24.4 Å². The van der Waals surface area contributed by atoms with Crippen molar-refractivity contribution in [3.63, 3.8) is 0 Å². The Hall–Kier alpha value is -4.07. The van der Waals surface area contributed by atoms with Crippen LogP contribution < -0.4 is 15.0 Å². The number of terminal acetylenes is 1. The van der Waals surface area contributed by atoms with E-state index in [0.717, 1.165) is 51.9 Å². The van der Waals surface area contributed by atoms with Crippen LogP contribution in [0.15, 0.2) is 36.5 Å². The van der Waals surface area contributed by atoms with Gasteiger partial charge in [-0.3, -0.25) is 9.88 Å². The van der Waals surface area contributed by atoms with Crippen molar-refractivity contribution in [1.29, 1.82) is 0 Å². The number of fused-ring (bicyclic) bond motifs is 4. The third kappa shape index (κ3) is 4.44. The molecule has 10 heteroatoms. The van der Waals surface area contributed by atoms with Gasteiger partial charge in [0.05, 0.1) is 10.9 Å². The molecule has 44 heavy (non-hydrogen) atoms. The summed E-state index contributed by atoms with van der Waals surface area (Å²) in [5, 5.41) is 16.0. The third-order valence-electron chi connectivity index (χ3n) is 10.1. The Balaban J connectivity index is 1.26. The van der Waals surface area contributed by atoms with Crippen LogP contribution in [0.3, 0.4) is 0 Å². The predicted octanol–water partition coefficient (Wildman–Crippen LogP) is 4.81. The highest BCUT2D eigenvalue weighted by molar-refractivity contribution is 6.02. The molecule has 4 saturated heterocycles. The molecule has 0 saturated carbocycles. The SMILES string of the molecule is C#Cc1cccc2cc(O)cc(-c3ncc4c(N5CC6CCCNC6C5)nc(OC[C@@]56CCCN5C[C@H](F)C6)nc4c3F)c12.